The van der Waals surface area contributed by atoms with Crippen molar-refractivity contribution in [2.24, 2.45) is 7.05 Å². The third kappa shape index (κ3) is 3.03. The Morgan fingerprint density at radius 3 is 2.71 bits per heavy atom. The molecule has 0 fully saturated rings. The van der Waals surface area contributed by atoms with E-state index >= 15 is 0 Å². The smallest absolute Gasteiger partial charge is 0.313 e. The first-order chi connectivity index (χ1) is 9.85. The number of benzene rings is 1. The molecule has 0 saturated carbocycles. The molecule has 1 heterocycles. The van der Waals surface area contributed by atoms with Crippen molar-refractivity contribution >= 4 is 33.2 Å². The Labute approximate surface area is 134 Å². The molecule has 0 radical (unpaired) electrons. The molecular formula is C13H13BrClN3O3. The number of ether oxygens (including phenoxy) is 1. The van der Waals surface area contributed by atoms with Gasteiger partial charge in [-0.25, -0.2) is 4.68 Å². The summed E-state index contributed by atoms with van der Waals surface area (Å²) in [5, 5.41) is 15.4. The summed E-state index contributed by atoms with van der Waals surface area (Å²) in [5.74, 6) is 0.826. The molecule has 0 unspecified atom stereocenters. The fourth-order valence-corrected chi connectivity index (χ4v) is 2.91. The number of alkyl halides is 1. The van der Waals surface area contributed by atoms with Gasteiger partial charge in [-0.05, 0) is 19.9 Å². The molecule has 1 aromatic heterocycles. The molecule has 2 aromatic rings. The Balaban J connectivity index is 2.57. The lowest BCUT2D eigenvalue weighted by atomic mass is 10.2. The van der Waals surface area contributed by atoms with E-state index in [4.69, 9.17) is 16.3 Å². The maximum absolute atomic E-state index is 11.2. The van der Waals surface area contributed by atoms with Gasteiger partial charge in [-0.1, -0.05) is 15.9 Å². The van der Waals surface area contributed by atoms with Crippen molar-refractivity contribution < 1.29 is 9.66 Å². The highest BCUT2D eigenvalue weighted by atomic mass is 79.9. The van der Waals surface area contributed by atoms with Crippen molar-refractivity contribution in [3.05, 3.63) is 43.5 Å². The summed E-state index contributed by atoms with van der Waals surface area (Å²) in [6.07, 6.45) is 0. The monoisotopic (exact) mass is 373 g/mol. The Morgan fingerprint density at radius 1 is 1.48 bits per heavy atom. The molecule has 0 aliphatic heterocycles. The van der Waals surface area contributed by atoms with E-state index in [9.17, 15) is 10.1 Å². The van der Waals surface area contributed by atoms with Crippen LogP contribution in [0.25, 0.3) is 0 Å². The van der Waals surface area contributed by atoms with Crippen molar-refractivity contribution in [3.63, 3.8) is 0 Å². The van der Waals surface area contributed by atoms with Gasteiger partial charge in [0, 0.05) is 23.2 Å². The van der Waals surface area contributed by atoms with Gasteiger partial charge in [-0.15, -0.1) is 11.6 Å². The van der Waals surface area contributed by atoms with Crippen LogP contribution in [0.4, 0.5) is 5.69 Å². The summed E-state index contributed by atoms with van der Waals surface area (Å²) in [4.78, 5) is 10.7. The van der Waals surface area contributed by atoms with Gasteiger partial charge in [0.15, 0.2) is 0 Å². The molecule has 8 heteroatoms. The average molecular weight is 375 g/mol. The first-order valence-corrected chi connectivity index (χ1v) is 7.38. The molecule has 1 aromatic carbocycles. The number of aromatic nitrogens is 2. The van der Waals surface area contributed by atoms with Crippen LogP contribution in [0.5, 0.6) is 11.6 Å². The topological polar surface area (TPSA) is 70.2 Å². The molecule has 0 N–H and O–H groups in total. The lowest BCUT2D eigenvalue weighted by molar-refractivity contribution is -0.385. The molecule has 0 amide bonds. The SMILES string of the molecule is Cc1cc(Br)cc([N+](=O)[O-])c1Oc1c(CCl)c(C)nn1C. The van der Waals surface area contributed by atoms with Gasteiger partial charge in [0.2, 0.25) is 11.6 Å². The highest BCUT2D eigenvalue weighted by Crippen LogP contribution is 2.38. The number of aryl methyl sites for hydroxylation is 3. The maximum Gasteiger partial charge on any atom is 0.313 e. The van der Waals surface area contributed by atoms with E-state index in [1.54, 1.807) is 20.0 Å². The molecule has 0 saturated heterocycles. The fraction of sp³-hybridized carbons (Fsp3) is 0.308. The predicted octanol–water partition coefficient (Wildman–Crippen LogP) is 4.24. The van der Waals surface area contributed by atoms with Crippen LogP contribution in [0.1, 0.15) is 16.8 Å². The van der Waals surface area contributed by atoms with Crippen molar-refractivity contribution in [1.82, 2.24) is 9.78 Å². The van der Waals surface area contributed by atoms with Crippen LogP contribution in [-0.2, 0) is 12.9 Å². The number of nitrogens with zero attached hydrogens (tertiary/aromatic N) is 3. The molecule has 6 nitrogen and oxygen atoms in total. The molecule has 0 bridgehead atoms. The molecule has 2 rings (SSSR count). The molecule has 0 spiro atoms. The van der Waals surface area contributed by atoms with E-state index in [-0.39, 0.29) is 17.3 Å². The van der Waals surface area contributed by atoms with E-state index in [2.05, 4.69) is 21.0 Å². The second-order valence-electron chi connectivity index (χ2n) is 4.56. The summed E-state index contributed by atoms with van der Waals surface area (Å²) in [6, 6.07) is 3.16. The van der Waals surface area contributed by atoms with Gasteiger partial charge in [0.25, 0.3) is 0 Å². The highest BCUT2D eigenvalue weighted by Gasteiger charge is 2.23. The molecule has 112 valence electrons. The van der Waals surface area contributed by atoms with Crippen molar-refractivity contribution in [1.29, 1.82) is 0 Å². The van der Waals surface area contributed by atoms with E-state index in [1.165, 1.54) is 10.7 Å². The largest absolute Gasteiger partial charge is 0.431 e. The molecular weight excluding hydrogens is 362 g/mol. The van der Waals surface area contributed by atoms with Gasteiger partial charge in [-0.2, -0.15) is 5.10 Å². The van der Waals surface area contributed by atoms with Crippen LogP contribution in [0.3, 0.4) is 0 Å². The quantitative estimate of drug-likeness (QED) is 0.456. The van der Waals surface area contributed by atoms with E-state index in [1.807, 2.05) is 6.92 Å². The summed E-state index contributed by atoms with van der Waals surface area (Å²) in [7, 11) is 1.71. The minimum Gasteiger partial charge on any atom is -0.431 e. The number of rotatable bonds is 4. The number of halogens is 2. The third-order valence-corrected chi connectivity index (χ3v) is 3.76. The standard InChI is InChI=1S/C13H13BrClN3O3/c1-7-4-9(14)5-11(18(19)20)12(7)21-13-10(6-15)8(2)16-17(13)3/h4-5H,6H2,1-3H3. The fourth-order valence-electron chi connectivity index (χ4n) is 2.04. The van der Waals surface area contributed by atoms with Gasteiger partial charge in [0.1, 0.15) is 0 Å². The Kier molecular flexibility index (Phi) is 4.53. The van der Waals surface area contributed by atoms with Crippen molar-refractivity contribution in [2.45, 2.75) is 19.7 Å². The minimum absolute atomic E-state index is 0.110. The lowest BCUT2D eigenvalue weighted by Crippen LogP contribution is -2.01. The average Bonchev–Trinajstić information content (AvgIpc) is 2.66. The number of hydrogen-bond acceptors (Lipinski definition) is 4. The Bertz CT molecular complexity index is 715. The van der Waals surface area contributed by atoms with Crippen LogP contribution >= 0.6 is 27.5 Å². The predicted molar refractivity (Wildman–Crippen MR) is 83.1 cm³/mol. The molecule has 21 heavy (non-hydrogen) atoms. The van der Waals surface area contributed by atoms with Gasteiger partial charge < -0.3 is 4.74 Å². The Hall–Kier alpha value is -1.60. The maximum atomic E-state index is 11.2. The van der Waals surface area contributed by atoms with Crippen LogP contribution in [0, 0.1) is 24.0 Å². The summed E-state index contributed by atoms with van der Waals surface area (Å²) >= 11 is 9.16. The first kappa shape index (κ1) is 15.8. The number of nitro groups is 1. The lowest BCUT2D eigenvalue weighted by Gasteiger charge is -2.11. The van der Waals surface area contributed by atoms with E-state index in [0.717, 1.165) is 11.3 Å². The number of hydrogen-bond donors (Lipinski definition) is 0. The zero-order valence-electron chi connectivity index (χ0n) is 11.7. The molecule has 0 atom stereocenters. The summed E-state index contributed by atoms with van der Waals surface area (Å²) < 4.78 is 7.93. The highest BCUT2D eigenvalue weighted by molar-refractivity contribution is 9.10. The Morgan fingerprint density at radius 2 is 2.14 bits per heavy atom. The van der Waals surface area contributed by atoms with Crippen LogP contribution < -0.4 is 4.74 Å². The van der Waals surface area contributed by atoms with Crippen LogP contribution in [0.2, 0.25) is 0 Å². The molecule has 0 aliphatic carbocycles. The number of nitro benzene ring substituents is 1. The second kappa shape index (κ2) is 6.03. The van der Waals surface area contributed by atoms with Crippen LogP contribution in [-0.4, -0.2) is 14.7 Å². The first-order valence-electron chi connectivity index (χ1n) is 6.06. The molecule has 0 aliphatic rings. The van der Waals surface area contributed by atoms with Crippen molar-refractivity contribution in [3.8, 4) is 11.6 Å². The van der Waals surface area contributed by atoms with E-state index < -0.39 is 4.92 Å². The van der Waals surface area contributed by atoms with Gasteiger partial charge in [0.05, 0.1) is 22.1 Å². The zero-order chi connectivity index (χ0) is 15.7. The second-order valence-corrected chi connectivity index (χ2v) is 5.74. The van der Waals surface area contributed by atoms with Crippen LogP contribution in [0.15, 0.2) is 16.6 Å². The van der Waals surface area contributed by atoms with Crippen molar-refractivity contribution in [2.75, 3.05) is 0 Å². The summed E-state index contributed by atoms with van der Waals surface area (Å²) in [6.45, 7) is 3.56. The normalized spacial score (nSPS) is 10.7. The van der Waals surface area contributed by atoms with E-state index in [0.29, 0.717) is 15.9 Å². The van der Waals surface area contributed by atoms with Gasteiger partial charge in [-0.3, -0.25) is 10.1 Å². The third-order valence-electron chi connectivity index (χ3n) is 3.04. The van der Waals surface area contributed by atoms with Gasteiger partial charge >= 0.3 is 5.69 Å². The zero-order valence-corrected chi connectivity index (χ0v) is 14.0. The minimum atomic E-state index is -0.476. The summed E-state index contributed by atoms with van der Waals surface area (Å²) in [5.41, 5.74) is 1.99.